The summed E-state index contributed by atoms with van der Waals surface area (Å²) < 4.78 is 0. The van der Waals surface area contributed by atoms with Crippen LogP contribution in [0.25, 0.3) is 11.1 Å². The van der Waals surface area contributed by atoms with Gasteiger partial charge in [0.1, 0.15) is 0 Å². The van der Waals surface area contributed by atoms with Gasteiger partial charge in [-0.25, -0.2) is 0 Å². The van der Waals surface area contributed by atoms with Crippen LogP contribution in [-0.2, 0) is 18.3 Å². The average Bonchev–Trinajstić information content (AvgIpc) is 2.89. The lowest BCUT2D eigenvalue weighted by molar-refractivity contribution is 0.491. The van der Waals surface area contributed by atoms with Crippen LogP contribution in [0.2, 0.25) is 0 Å². The number of benzene rings is 2. The zero-order valence-electron chi connectivity index (χ0n) is 12.3. The van der Waals surface area contributed by atoms with Gasteiger partial charge in [0.05, 0.1) is 0 Å². The number of aryl methyl sites for hydroxylation is 2. The molecule has 0 N–H and O–H groups in total. The third kappa shape index (κ3) is 1.90. The highest BCUT2D eigenvalue weighted by Gasteiger charge is 2.30. The Morgan fingerprint density at radius 1 is 0.800 bits per heavy atom. The summed E-state index contributed by atoms with van der Waals surface area (Å²) in [6.07, 6.45) is 8.01. The molecule has 0 spiro atoms. The smallest absolute Gasteiger partial charge is 0.00750 e. The highest BCUT2D eigenvalue weighted by Crippen LogP contribution is 2.41. The van der Waals surface area contributed by atoms with E-state index in [1.54, 1.807) is 11.1 Å². The molecule has 2 aromatic carbocycles. The van der Waals surface area contributed by atoms with Gasteiger partial charge in [-0.15, -0.1) is 0 Å². The molecule has 1 saturated carbocycles. The highest BCUT2D eigenvalue weighted by atomic mass is 14.3. The van der Waals surface area contributed by atoms with Crippen LogP contribution in [0.15, 0.2) is 42.5 Å². The van der Waals surface area contributed by atoms with Crippen molar-refractivity contribution < 1.29 is 0 Å². The van der Waals surface area contributed by atoms with E-state index in [4.69, 9.17) is 0 Å². The van der Waals surface area contributed by atoms with Gasteiger partial charge in [-0.2, -0.15) is 0 Å². The van der Waals surface area contributed by atoms with Crippen LogP contribution in [0.5, 0.6) is 0 Å². The molecule has 20 heavy (non-hydrogen) atoms. The van der Waals surface area contributed by atoms with E-state index in [0.29, 0.717) is 5.41 Å². The Balaban J connectivity index is 1.73. The summed E-state index contributed by atoms with van der Waals surface area (Å²) in [6.45, 7) is 2.44. The normalized spacial score (nSPS) is 19.4. The Labute approximate surface area is 121 Å². The second-order valence-corrected chi connectivity index (χ2v) is 6.83. The Bertz CT molecular complexity index is 645. The number of fused-ring (bicyclic) bond motifs is 1. The van der Waals surface area contributed by atoms with E-state index < -0.39 is 0 Å². The molecule has 0 nitrogen and oxygen atoms in total. The molecule has 0 heterocycles. The quantitative estimate of drug-likeness (QED) is 0.690. The van der Waals surface area contributed by atoms with Crippen LogP contribution in [0.4, 0.5) is 0 Å². The van der Waals surface area contributed by atoms with Gasteiger partial charge in [0, 0.05) is 0 Å². The maximum absolute atomic E-state index is 2.44. The van der Waals surface area contributed by atoms with E-state index in [-0.39, 0.29) is 0 Å². The predicted octanol–water partition coefficient (Wildman–Crippen LogP) is 5.28. The lowest BCUT2D eigenvalue weighted by atomic mass is 9.79. The topological polar surface area (TPSA) is 0 Å². The van der Waals surface area contributed by atoms with Crippen LogP contribution >= 0.6 is 0 Å². The Kier molecular flexibility index (Phi) is 2.73. The number of hydrogen-bond donors (Lipinski definition) is 0. The van der Waals surface area contributed by atoms with E-state index in [2.05, 4.69) is 49.4 Å². The summed E-state index contributed by atoms with van der Waals surface area (Å²) >= 11 is 0. The van der Waals surface area contributed by atoms with E-state index in [1.165, 1.54) is 55.2 Å². The first-order valence-electron chi connectivity index (χ1n) is 7.97. The number of hydrogen-bond acceptors (Lipinski definition) is 0. The molecule has 2 aromatic rings. The zero-order chi connectivity index (χ0) is 13.6. The highest BCUT2D eigenvalue weighted by molar-refractivity contribution is 5.67. The maximum Gasteiger partial charge on any atom is -0.00750 e. The first-order valence-corrected chi connectivity index (χ1v) is 7.97. The Morgan fingerprint density at radius 2 is 1.55 bits per heavy atom. The minimum absolute atomic E-state index is 0.413. The van der Waals surface area contributed by atoms with Crippen LogP contribution in [0, 0.1) is 0 Å². The SMILES string of the molecule is CC1(c2cccc(-c3ccc4c(c3)CC4)c2)CCCC1. The lowest BCUT2D eigenvalue weighted by Gasteiger charge is -2.25. The van der Waals surface area contributed by atoms with Crippen LogP contribution in [0.1, 0.15) is 49.3 Å². The molecule has 0 unspecified atom stereocenters. The van der Waals surface area contributed by atoms with Gasteiger partial charge in [0.2, 0.25) is 0 Å². The van der Waals surface area contributed by atoms with Gasteiger partial charge in [-0.1, -0.05) is 62.2 Å². The van der Waals surface area contributed by atoms with E-state index >= 15 is 0 Å². The van der Waals surface area contributed by atoms with Crippen molar-refractivity contribution in [3.05, 3.63) is 59.2 Å². The third-order valence-corrected chi connectivity index (χ3v) is 5.47. The summed E-state index contributed by atoms with van der Waals surface area (Å²) in [6, 6.07) is 16.3. The monoisotopic (exact) mass is 262 g/mol. The molecule has 0 saturated heterocycles. The van der Waals surface area contributed by atoms with Crippen molar-refractivity contribution in [1.29, 1.82) is 0 Å². The largest absolute Gasteiger partial charge is 0.0614 e. The summed E-state index contributed by atoms with van der Waals surface area (Å²) in [5, 5.41) is 0. The van der Waals surface area contributed by atoms with E-state index in [1.807, 2.05) is 0 Å². The molecule has 2 aliphatic rings. The summed E-state index contributed by atoms with van der Waals surface area (Å²) in [5.41, 5.74) is 7.84. The summed E-state index contributed by atoms with van der Waals surface area (Å²) in [4.78, 5) is 0. The maximum atomic E-state index is 2.44. The Morgan fingerprint density at radius 3 is 2.25 bits per heavy atom. The molecular weight excluding hydrogens is 240 g/mol. The van der Waals surface area contributed by atoms with Crippen molar-refractivity contribution in [2.75, 3.05) is 0 Å². The van der Waals surface area contributed by atoms with Crippen LogP contribution in [0.3, 0.4) is 0 Å². The predicted molar refractivity (Wildman–Crippen MR) is 85.1 cm³/mol. The van der Waals surface area contributed by atoms with E-state index in [0.717, 1.165) is 0 Å². The second kappa shape index (κ2) is 4.48. The fraction of sp³-hybridized carbons (Fsp3) is 0.400. The van der Waals surface area contributed by atoms with Crippen LogP contribution < -0.4 is 0 Å². The van der Waals surface area contributed by atoms with Crippen molar-refractivity contribution in [3.8, 4) is 11.1 Å². The van der Waals surface area contributed by atoms with Crippen molar-refractivity contribution in [1.82, 2.24) is 0 Å². The molecule has 1 fully saturated rings. The molecule has 0 aromatic heterocycles. The van der Waals surface area contributed by atoms with Gasteiger partial charge < -0.3 is 0 Å². The minimum Gasteiger partial charge on any atom is -0.0614 e. The zero-order valence-corrected chi connectivity index (χ0v) is 12.3. The van der Waals surface area contributed by atoms with Crippen molar-refractivity contribution in [3.63, 3.8) is 0 Å². The molecule has 2 aliphatic carbocycles. The first kappa shape index (κ1) is 12.2. The first-order chi connectivity index (χ1) is 9.74. The van der Waals surface area contributed by atoms with Gasteiger partial charge in [-0.3, -0.25) is 0 Å². The minimum atomic E-state index is 0.413. The molecule has 0 atom stereocenters. The van der Waals surface area contributed by atoms with Crippen molar-refractivity contribution in [2.45, 2.75) is 50.9 Å². The molecule has 102 valence electrons. The lowest BCUT2D eigenvalue weighted by Crippen LogP contribution is -2.16. The molecule has 0 amide bonds. The Hall–Kier alpha value is -1.56. The van der Waals surface area contributed by atoms with Gasteiger partial charge in [0.15, 0.2) is 0 Å². The average molecular weight is 262 g/mol. The number of rotatable bonds is 2. The van der Waals surface area contributed by atoms with Gasteiger partial charge in [-0.05, 0) is 58.9 Å². The summed E-state index contributed by atoms with van der Waals surface area (Å²) in [5.74, 6) is 0. The molecule has 0 aliphatic heterocycles. The molecule has 0 heteroatoms. The van der Waals surface area contributed by atoms with Crippen LogP contribution in [-0.4, -0.2) is 0 Å². The fourth-order valence-electron chi connectivity index (χ4n) is 3.89. The summed E-state index contributed by atoms with van der Waals surface area (Å²) in [7, 11) is 0. The third-order valence-electron chi connectivity index (χ3n) is 5.47. The molecular formula is C20H22. The standard InChI is InChI=1S/C20H22/c1-20(11-2-3-12-20)19-6-4-5-16(14-19)18-10-8-15-7-9-17(15)13-18/h4-6,8,10,13-14H,2-3,7,9,11-12H2,1H3. The molecule has 0 radical (unpaired) electrons. The fourth-order valence-corrected chi connectivity index (χ4v) is 3.89. The van der Waals surface area contributed by atoms with Gasteiger partial charge >= 0.3 is 0 Å². The van der Waals surface area contributed by atoms with Crippen molar-refractivity contribution >= 4 is 0 Å². The molecule has 0 bridgehead atoms. The van der Waals surface area contributed by atoms with E-state index in [9.17, 15) is 0 Å². The van der Waals surface area contributed by atoms with Crippen molar-refractivity contribution in [2.24, 2.45) is 0 Å². The molecule has 4 rings (SSSR count). The second-order valence-electron chi connectivity index (χ2n) is 6.83. The van der Waals surface area contributed by atoms with Gasteiger partial charge in [0.25, 0.3) is 0 Å².